The van der Waals surface area contributed by atoms with Gasteiger partial charge >= 0.3 is 5.97 Å². The number of aromatic amines is 1. The summed E-state index contributed by atoms with van der Waals surface area (Å²) in [5.41, 5.74) is 1.71. The molecule has 0 atom stereocenters. The highest BCUT2D eigenvalue weighted by molar-refractivity contribution is 6.30. The van der Waals surface area contributed by atoms with Crippen LogP contribution in [-0.2, 0) is 16.8 Å². The summed E-state index contributed by atoms with van der Waals surface area (Å²) < 4.78 is 5.49. The molecule has 0 aliphatic carbocycles. The molecule has 1 aliphatic heterocycles. The molecule has 0 saturated carbocycles. The molecule has 1 aliphatic rings. The fourth-order valence-electron chi connectivity index (χ4n) is 2.88. The highest BCUT2D eigenvalue weighted by Crippen LogP contribution is 2.33. The van der Waals surface area contributed by atoms with Crippen molar-refractivity contribution in [1.29, 1.82) is 0 Å². The molecule has 2 aromatic rings. The molecule has 0 amide bonds. The minimum Gasteiger partial charge on any atom is -0.476 e. The Morgan fingerprint density at radius 1 is 1.35 bits per heavy atom. The number of halogens is 1. The number of carboxylic acid groups (broad SMARTS) is 1. The molecular weight excluding hydrogens is 318 g/mol. The average molecular weight is 336 g/mol. The summed E-state index contributed by atoms with van der Waals surface area (Å²) in [6.07, 6.45) is 1.68. The van der Waals surface area contributed by atoms with E-state index in [1.54, 1.807) is 6.07 Å². The topological polar surface area (TPSA) is 87.2 Å². The number of H-pyrrole nitrogens is 1. The lowest BCUT2D eigenvalue weighted by atomic mass is 9.82. The van der Waals surface area contributed by atoms with Crippen molar-refractivity contribution < 1.29 is 14.6 Å². The number of ether oxygens (including phenoxy) is 1. The predicted octanol–water partition coefficient (Wildman–Crippen LogP) is 2.56. The van der Waals surface area contributed by atoms with Crippen LogP contribution in [0.4, 0.5) is 0 Å². The number of carboxylic acids is 1. The van der Waals surface area contributed by atoms with Gasteiger partial charge in [-0.2, -0.15) is 5.10 Å². The molecule has 0 unspecified atom stereocenters. The van der Waals surface area contributed by atoms with E-state index in [9.17, 15) is 4.79 Å². The SMILES string of the molecule is O=C(O)c1cc(CNC2(c3ccc(Cl)cc3)CCOCC2)[nH]n1. The second-order valence-corrected chi connectivity index (χ2v) is 6.07. The molecule has 2 heterocycles. The van der Waals surface area contributed by atoms with Crippen LogP contribution in [0.5, 0.6) is 0 Å². The van der Waals surface area contributed by atoms with Gasteiger partial charge in [-0.1, -0.05) is 23.7 Å². The van der Waals surface area contributed by atoms with Crippen LogP contribution in [0.2, 0.25) is 5.02 Å². The molecule has 1 aromatic carbocycles. The fourth-order valence-corrected chi connectivity index (χ4v) is 3.01. The van der Waals surface area contributed by atoms with Gasteiger partial charge in [-0.15, -0.1) is 0 Å². The van der Waals surface area contributed by atoms with Crippen LogP contribution in [0, 0.1) is 0 Å². The largest absolute Gasteiger partial charge is 0.476 e. The first-order valence-electron chi connectivity index (χ1n) is 7.45. The van der Waals surface area contributed by atoms with E-state index in [2.05, 4.69) is 15.5 Å². The van der Waals surface area contributed by atoms with Crippen LogP contribution in [-0.4, -0.2) is 34.5 Å². The zero-order chi connectivity index (χ0) is 16.3. The van der Waals surface area contributed by atoms with Crippen LogP contribution in [0.25, 0.3) is 0 Å². The van der Waals surface area contributed by atoms with Crippen molar-refractivity contribution >= 4 is 17.6 Å². The molecule has 3 N–H and O–H groups in total. The lowest BCUT2D eigenvalue weighted by Crippen LogP contribution is -2.46. The van der Waals surface area contributed by atoms with E-state index in [1.807, 2.05) is 24.3 Å². The second kappa shape index (κ2) is 6.70. The summed E-state index contributed by atoms with van der Waals surface area (Å²) in [6, 6.07) is 9.36. The first-order valence-corrected chi connectivity index (χ1v) is 7.83. The number of hydrogen-bond acceptors (Lipinski definition) is 4. The molecule has 23 heavy (non-hydrogen) atoms. The quantitative estimate of drug-likeness (QED) is 0.781. The summed E-state index contributed by atoms with van der Waals surface area (Å²) in [6.45, 7) is 1.86. The number of nitrogens with zero attached hydrogens (tertiary/aromatic N) is 1. The smallest absolute Gasteiger partial charge is 0.356 e. The van der Waals surface area contributed by atoms with Crippen LogP contribution < -0.4 is 5.32 Å². The summed E-state index contributed by atoms with van der Waals surface area (Å²) in [5, 5.41) is 19.7. The molecule has 1 saturated heterocycles. The van der Waals surface area contributed by atoms with E-state index >= 15 is 0 Å². The highest BCUT2D eigenvalue weighted by atomic mass is 35.5. The zero-order valence-electron chi connectivity index (χ0n) is 12.5. The Balaban J connectivity index is 1.78. The fraction of sp³-hybridized carbons (Fsp3) is 0.375. The molecule has 122 valence electrons. The van der Waals surface area contributed by atoms with Gasteiger partial charge in [0.1, 0.15) is 0 Å². The van der Waals surface area contributed by atoms with Crippen molar-refractivity contribution in [3.63, 3.8) is 0 Å². The highest BCUT2D eigenvalue weighted by Gasteiger charge is 2.34. The minimum atomic E-state index is -1.04. The van der Waals surface area contributed by atoms with Crippen molar-refractivity contribution in [1.82, 2.24) is 15.5 Å². The van der Waals surface area contributed by atoms with Gasteiger partial charge < -0.3 is 15.2 Å². The van der Waals surface area contributed by atoms with Gasteiger partial charge in [-0.05, 0) is 36.6 Å². The van der Waals surface area contributed by atoms with Crippen LogP contribution in [0.15, 0.2) is 30.3 Å². The Morgan fingerprint density at radius 3 is 2.65 bits per heavy atom. The lowest BCUT2D eigenvalue weighted by molar-refractivity contribution is 0.0356. The number of aromatic carboxylic acids is 1. The lowest BCUT2D eigenvalue weighted by Gasteiger charge is -2.38. The molecule has 0 bridgehead atoms. The van der Waals surface area contributed by atoms with E-state index < -0.39 is 5.97 Å². The van der Waals surface area contributed by atoms with Crippen LogP contribution in [0.3, 0.4) is 0 Å². The monoisotopic (exact) mass is 335 g/mol. The average Bonchev–Trinajstić information content (AvgIpc) is 3.04. The minimum absolute atomic E-state index is 0.0225. The van der Waals surface area contributed by atoms with E-state index in [0.29, 0.717) is 24.8 Å². The number of benzene rings is 1. The molecule has 0 spiro atoms. The maximum Gasteiger partial charge on any atom is 0.356 e. The van der Waals surface area contributed by atoms with Gasteiger partial charge in [0.15, 0.2) is 5.69 Å². The van der Waals surface area contributed by atoms with Gasteiger partial charge in [0.05, 0.1) is 0 Å². The molecular formula is C16H18ClN3O3. The third kappa shape index (κ3) is 3.55. The molecule has 1 fully saturated rings. The first-order chi connectivity index (χ1) is 11.1. The van der Waals surface area contributed by atoms with Crippen molar-refractivity contribution in [3.8, 4) is 0 Å². The van der Waals surface area contributed by atoms with Crippen molar-refractivity contribution in [2.45, 2.75) is 24.9 Å². The first kappa shape index (κ1) is 16.0. The molecule has 1 aromatic heterocycles. The Bertz CT molecular complexity index is 678. The summed E-state index contributed by atoms with van der Waals surface area (Å²) in [7, 11) is 0. The Labute approximate surface area is 138 Å². The van der Waals surface area contributed by atoms with Crippen LogP contribution in [0.1, 0.15) is 34.6 Å². The number of rotatable bonds is 5. The summed E-state index contributed by atoms with van der Waals surface area (Å²) in [4.78, 5) is 10.9. The molecule has 6 nitrogen and oxygen atoms in total. The predicted molar refractivity (Wildman–Crippen MR) is 85.6 cm³/mol. The van der Waals surface area contributed by atoms with Crippen molar-refractivity contribution in [2.75, 3.05) is 13.2 Å². The van der Waals surface area contributed by atoms with Gasteiger partial charge in [0.25, 0.3) is 0 Å². The standard InChI is InChI=1S/C16H18ClN3O3/c17-12-3-1-11(2-4-12)16(5-7-23-8-6-16)18-10-13-9-14(15(21)22)20-19-13/h1-4,9,18H,5-8,10H2,(H,19,20)(H,21,22). The van der Waals surface area contributed by atoms with Crippen LogP contribution >= 0.6 is 11.6 Å². The molecule has 0 radical (unpaired) electrons. The summed E-state index contributed by atoms with van der Waals surface area (Å²) >= 11 is 5.99. The zero-order valence-corrected chi connectivity index (χ0v) is 13.3. The van der Waals surface area contributed by atoms with Crippen molar-refractivity contribution in [2.24, 2.45) is 0 Å². The summed E-state index contributed by atoms with van der Waals surface area (Å²) in [5.74, 6) is -1.04. The van der Waals surface area contributed by atoms with Gasteiger partial charge in [0.2, 0.25) is 0 Å². The Kier molecular flexibility index (Phi) is 4.66. The molecule has 7 heteroatoms. The normalized spacial score (nSPS) is 17.1. The maximum absolute atomic E-state index is 10.9. The maximum atomic E-state index is 10.9. The number of carbonyl (C=O) groups is 1. The third-order valence-electron chi connectivity index (χ3n) is 4.21. The van der Waals surface area contributed by atoms with E-state index in [-0.39, 0.29) is 11.2 Å². The Morgan fingerprint density at radius 2 is 2.04 bits per heavy atom. The van der Waals surface area contributed by atoms with Gasteiger partial charge in [0, 0.05) is 36.0 Å². The van der Waals surface area contributed by atoms with Crippen molar-refractivity contribution in [3.05, 3.63) is 52.3 Å². The second-order valence-electron chi connectivity index (χ2n) is 5.64. The number of aromatic nitrogens is 2. The third-order valence-corrected chi connectivity index (χ3v) is 4.46. The number of nitrogens with one attached hydrogen (secondary N) is 2. The van der Waals surface area contributed by atoms with E-state index in [1.165, 1.54) is 0 Å². The number of hydrogen-bond donors (Lipinski definition) is 3. The molecule has 3 rings (SSSR count). The Hall–Kier alpha value is -1.89. The van der Waals surface area contributed by atoms with E-state index in [0.717, 1.165) is 24.1 Å². The van der Waals surface area contributed by atoms with E-state index in [4.69, 9.17) is 21.4 Å². The van der Waals surface area contributed by atoms with Gasteiger partial charge in [-0.3, -0.25) is 5.10 Å². The van der Waals surface area contributed by atoms with Gasteiger partial charge in [-0.25, -0.2) is 4.79 Å².